The molecule has 1 aliphatic carbocycles. The molecule has 1 fully saturated rings. The van der Waals surface area contributed by atoms with Crippen LogP contribution in [-0.4, -0.2) is 16.2 Å². The summed E-state index contributed by atoms with van der Waals surface area (Å²) in [5, 5.41) is 7.47. The quantitative estimate of drug-likeness (QED) is 0.894. The summed E-state index contributed by atoms with van der Waals surface area (Å²) >= 11 is 0. The van der Waals surface area contributed by atoms with Crippen molar-refractivity contribution in [3.63, 3.8) is 0 Å². The Morgan fingerprint density at radius 3 is 2.79 bits per heavy atom. The first-order valence-electron chi connectivity index (χ1n) is 6.88. The van der Waals surface area contributed by atoms with E-state index < -0.39 is 0 Å². The second-order valence-electron chi connectivity index (χ2n) is 5.42. The van der Waals surface area contributed by atoms with E-state index in [0.29, 0.717) is 18.5 Å². The van der Waals surface area contributed by atoms with Gasteiger partial charge in [-0.2, -0.15) is 4.98 Å². The molecule has 1 heterocycles. The first kappa shape index (κ1) is 12.4. The predicted octanol–water partition coefficient (Wildman–Crippen LogP) is 2.55. The molecule has 0 amide bonds. The maximum absolute atomic E-state index is 5.26. The van der Waals surface area contributed by atoms with E-state index >= 15 is 0 Å². The molecular formula is C15H19N3O. The zero-order chi connectivity index (χ0) is 13.1. The number of nitrogens with zero attached hydrogens (tertiary/aromatic N) is 2. The molecular weight excluding hydrogens is 238 g/mol. The molecule has 1 aromatic carbocycles. The maximum Gasteiger partial charge on any atom is 0.240 e. The van der Waals surface area contributed by atoms with E-state index in [2.05, 4.69) is 34.5 Å². The van der Waals surface area contributed by atoms with Crippen molar-refractivity contribution in [1.29, 1.82) is 0 Å². The first-order chi connectivity index (χ1) is 9.29. The van der Waals surface area contributed by atoms with Crippen LogP contribution in [0.3, 0.4) is 0 Å². The molecule has 4 nitrogen and oxygen atoms in total. The molecule has 1 saturated carbocycles. The Bertz CT molecular complexity index is 517. The summed E-state index contributed by atoms with van der Waals surface area (Å²) in [5.41, 5.74) is 1.20. The Morgan fingerprint density at radius 1 is 1.26 bits per heavy atom. The molecule has 19 heavy (non-hydrogen) atoms. The number of aromatic nitrogens is 2. The Kier molecular flexibility index (Phi) is 3.60. The fourth-order valence-electron chi connectivity index (χ4n) is 2.51. The summed E-state index contributed by atoms with van der Waals surface area (Å²) in [5.74, 6) is 2.30. The minimum absolute atomic E-state index is 0.625. The van der Waals surface area contributed by atoms with Gasteiger partial charge in [0.2, 0.25) is 5.89 Å². The van der Waals surface area contributed by atoms with Crippen LogP contribution in [-0.2, 0) is 13.0 Å². The van der Waals surface area contributed by atoms with Crippen LogP contribution < -0.4 is 5.32 Å². The fraction of sp³-hybridized carbons (Fsp3) is 0.467. The van der Waals surface area contributed by atoms with Gasteiger partial charge in [0.25, 0.3) is 0 Å². The van der Waals surface area contributed by atoms with Crippen molar-refractivity contribution in [2.24, 2.45) is 5.92 Å². The van der Waals surface area contributed by atoms with Crippen LogP contribution in [0.4, 0.5) is 0 Å². The van der Waals surface area contributed by atoms with Gasteiger partial charge >= 0.3 is 0 Å². The molecule has 1 N–H and O–H groups in total. The highest BCUT2D eigenvalue weighted by Gasteiger charge is 2.24. The van der Waals surface area contributed by atoms with E-state index in [1.807, 2.05) is 18.2 Å². The van der Waals surface area contributed by atoms with E-state index in [4.69, 9.17) is 4.52 Å². The van der Waals surface area contributed by atoms with E-state index in [9.17, 15) is 0 Å². The molecule has 0 saturated heterocycles. The Labute approximate surface area is 113 Å². The largest absolute Gasteiger partial charge is 0.338 e. The van der Waals surface area contributed by atoms with Crippen molar-refractivity contribution in [2.75, 3.05) is 0 Å². The molecule has 0 aliphatic heterocycles. The van der Waals surface area contributed by atoms with Gasteiger partial charge in [0.1, 0.15) is 0 Å². The molecule has 100 valence electrons. The van der Waals surface area contributed by atoms with E-state index in [1.165, 1.54) is 18.4 Å². The Morgan fingerprint density at radius 2 is 2.05 bits per heavy atom. The van der Waals surface area contributed by atoms with Gasteiger partial charge in [-0.05, 0) is 24.3 Å². The van der Waals surface area contributed by atoms with Crippen LogP contribution in [0, 0.1) is 5.92 Å². The van der Waals surface area contributed by atoms with Crippen molar-refractivity contribution < 1.29 is 4.52 Å². The van der Waals surface area contributed by atoms with Gasteiger partial charge in [-0.15, -0.1) is 0 Å². The van der Waals surface area contributed by atoms with E-state index in [1.54, 1.807) is 0 Å². The Hall–Kier alpha value is -1.68. The summed E-state index contributed by atoms with van der Waals surface area (Å²) in [6, 6.07) is 10.8. The highest BCUT2D eigenvalue weighted by molar-refractivity contribution is 5.18. The van der Waals surface area contributed by atoms with Gasteiger partial charge in [-0.25, -0.2) is 0 Å². The lowest BCUT2D eigenvalue weighted by Crippen LogP contribution is -2.39. The van der Waals surface area contributed by atoms with Gasteiger partial charge in [0.15, 0.2) is 5.82 Å². The van der Waals surface area contributed by atoms with Gasteiger partial charge in [-0.3, -0.25) is 0 Å². The van der Waals surface area contributed by atoms with Crippen LogP contribution in [0.2, 0.25) is 0 Å². The van der Waals surface area contributed by atoms with Crippen LogP contribution in [0.5, 0.6) is 0 Å². The molecule has 2 aromatic rings. The SMILES string of the molecule is CC1CC(NCc2nc(Cc3ccccc3)no2)C1. The number of benzene rings is 1. The molecule has 1 aromatic heterocycles. The van der Waals surface area contributed by atoms with Gasteiger partial charge < -0.3 is 9.84 Å². The minimum Gasteiger partial charge on any atom is -0.338 e. The third-order valence-corrected chi connectivity index (χ3v) is 3.63. The second-order valence-corrected chi connectivity index (χ2v) is 5.42. The smallest absolute Gasteiger partial charge is 0.240 e. The fourth-order valence-corrected chi connectivity index (χ4v) is 2.51. The predicted molar refractivity (Wildman–Crippen MR) is 72.6 cm³/mol. The summed E-state index contributed by atoms with van der Waals surface area (Å²) in [6.45, 7) is 2.96. The minimum atomic E-state index is 0.625. The second kappa shape index (κ2) is 5.53. The van der Waals surface area contributed by atoms with E-state index in [-0.39, 0.29) is 0 Å². The summed E-state index contributed by atoms with van der Waals surface area (Å²) in [6.07, 6.45) is 3.24. The van der Waals surface area contributed by atoms with Crippen LogP contribution >= 0.6 is 0 Å². The number of hydrogen-bond donors (Lipinski definition) is 1. The lowest BCUT2D eigenvalue weighted by Gasteiger charge is -2.32. The standard InChI is InChI=1S/C15H19N3O/c1-11-7-13(8-11)16-10-15-17-14(18-19-15)9-12-5-3-2-4-6-12/h2-6,11,13,16H,7-10H2,1H3. The highest BCUT2D eigenvalue weighted by Crippen LogP contribution is 2.26. The van der Waals surface area contributed by atoms with Crippen molar-refractivity contribution in [3.8, 4) is 0 Å². The average molecular weight is 257 g/mol. The summed E-state index contributed by atoms with van der Waals surface area (Å²) in [4.78, 5) is 4.41. The van der Waals surface area contributed by atoms with Crippen LogP contribution in [0.15, 0.2) is 34.9 Å². The monoisotopic (exact) mass is 257 g/mol. The molecule has 4 heteroatoms. The molecule has 3 rings (SSSR count). The zero-order valence-corrected chi connectivity index (χ0v) is 11.2. The summed E-state index contributed by atoms with van der Waals surface area (Å²) in [7, 11) is 0. The maximum atomic E-state index is 5.26. The topological polar surface area (TPSA) is 51.0 Å². The normalized spacial score (nSPS) is 22.2. The van der Waals surface area contributed by atoms with Crippen molar-refractivity contribution in [2.45, 2.75) is 38.8 Å². The number of hydrogen-bond acceptors (Lipinski definition) is 4. The van der Waals surface area contributed by atoms with Gasteiger partial charge in [0.05, 0.1) is 6.54 Å². The number of nitrogens with one attached hydrogen (secondary N) is 1. The molecule has 1 aliphatic rings. The Balaban J connectivity index is 1.51. The van der Waals surface area contributed by atoms with Crippen LogP contribution in [0.25, 0.3) is 0 Å². The number of rotatable bonds is 5. The highest BCUT2D eigenvalue weighted by atomic mass is 16.5. The molecule has 0 unspecified atom stereocenters. The average Bonchev–Trinajstić information content (AvgIpc) is 2.82. The van der Waals surface area contributed by atoms with Crippen LogP contribution in [0.1, 0.15) is 37.0 Å². The van der Waals surface area contributed by atoms with Gasteiger partial charge in [-0.1, -0.05) is 42.4 Å². The molecule has 0 spiro atoms. The van der Waals surface area contributed by atoms with Crippen molar-refractivity contribution in [1.82, 2.24) is 15.5 Å². The van der Waals surface area contributed by atoms with Crippen molar-refractivity contribution >= 4 is 0 Å². The summed E-state index contributed by atoms with van der Waals surface area (Å²) < 4.78 is 5.26. The van der Waals surface area contributed by atoms with E-state index in [0.717, 1.165) is 18.2 Å². The third kappa shape index (κ3) is 3.20. The lowest BCUT2D eigenvalue weighted by atomic mass is 9.82. The first-order valence-corrected chi connectivity index (χ1v) is 6.88. The molecule has 0 radical (unpaired) electrons. The third-order valence-electron chi connectivity index (χ3n) is 3.63. The van der Waals surface area contributed by atoms with Gasteiger partial charge in [0, 0.05) is 12.5 Å². The molecule has 0 bridgehead atoms. The lowest BCUT2D eigenvalue weighted by molar-refractivity contribution is 0.230. The zero-order valence-electron chi connectivity index (χ0n) is 11.2. The molecule has 0 atom stereocenters. The van der Waals surface area contributed by atoms with Crippen molar-refractivity contribution in [3.05, 3.63) is 47.6 Å².